The molecular weight excluding hydrogens is 228 g/mol. The van der Waals surface area contributed by atoms with Crippen LogP contribution in [0, 0.1) is 11.8 Å². The van der Waals surface area contributed by atoms with Crippen molar-refractivity contribution in [1.82, 2.24) is 0 Å². The first-order chi connectivity index (χ1) is 9.45. The fourth-order valence-electron chi connectivity index (χ4n) is 2.24. The van der Waals surface area contributed by atoms with Crippen molar-refractivity contribution in [2.75, 3.05) is 0 Å². The van der Waals surface area contributed by atoms with E-state index in [9.17, 15) is 0 Å². The summed E-state index contributed by atoms with van der Waals surface area (Å²) in [5.41, 5.74) is 2.83. The quantitative estimate of drug-likeness (QED) is 0.505. The second kappa shape index (κ2) is 8.38. The molecule has 0 heterocycles. The molecule has 0 N–H and O–H groups in total. The smallest absolute Gasteiger partial charge is 0.0340 e. The van der Waals surface area contributed by atoms with Gasteiger partial charge in [0, 0.05) is 12.8 Å². The van der Waals surface area contributed by atoms with E-state index in [1.54, 1.807) is 0 Å². The maximum Gasteiger partial charge on any atom is 0.0340 e. The first-order valence-electron chi connectivity index (χ1n) is 7.30. The minimum atomic E-state index is 0.884. The molecule has 1 aromatic rings. The van der Waals surface area contributed by atoms with E-state index in [1.807, 2.05) is 6.07 Å². The average molecular weight is 250 g/mol. The zero-order valence-corrected chi connectivity index (χ0v) is 11.6. The molecule has 0 saturated heterocycles. The SMILES string of the molecule is C(#CCc1ccccc1)CCCCC1=CCCC=C1. The van der Waals surface area contributed by atoms with Crippen LogP contribution in [0.3, 0.4) is 0 Å². The van der Waals surface area contributed by atoms with Crippen LogP contribution >= 0.6 is 0 Å². The molecular formula is C19H22. The Morgan fingerprint density at radius 2 is 1.84 bits per heavy atom. The molecule has 1 aliphatic rings. The van der Waals surface area contributed by atoms with E-state index in [0.717, 1.165) is 12.8 Å². The lowest BCUT2D eigenvalue weighted by Crippen LogP contribution is -1.85. The van der Waals surface area contributed by atoms with Gasteiger partial charge in [-0.05, 0) is 37.7 Å². The molecule has 19 heavy (non-hydrogen) atoms. The third-order valence-electron chi connectivity index (χ3n) is 3.35. The fourth-order valence-corrected chi connectivity index (χ4v) is 2.24. The van der Waals surface area contributed by atoms with Crippen LogP contribution in [0.15, 0.2) is 54.1 Å². The van der Waals surface area contributed by atoms with Gasteiger partial charge in [-0.3, -0.25) is 0 Å². The van der Waals surface area contributed by atoms with Gasteiger partial charge in [0.2, 0.25) is 0 Å². The summed E-state index contributed by atoms with van der Waals surface area (Å²) in [5.74, 6) is 6.55. The van der Waals surface area contributed by atoms with E-state index < -0.39 is 0 Å². The Labute approximate surface area is 117 Å². The zero-order chi connectivity index (χ0) is 13.2. The van der Waals surface area contributed by atoms with Gasteiger partial charge >= 0.3 is 0 Å². The van der Waals surface area contributed by atoms with Gasteiger partial charge in [-0.1, -0.05) is 60.1 Å². The molecule has 0 nitrogen and oxygen atoms in total. The molecule has 98 valence electrons. The standard InChI is InChI=1S/C19H22/c1(2-6-12-18-14-8-4-9-15-18)3-7-13-19-16-10-5-11-17-19/h5,8,10-11,14-17H,1-2,4,6,9,12-13H2. The Hall–Kier alpha value is -1.74. The van der Waals surface area contributed by atoms with E-state index >= 15 is 0 Å². The van der Waals surface area contributed by atoms with Crippen LogP contribution in [-0.4, -0.2) is 0 Å². The third kappa shape index (κ3) is 5.62. The Bertz CT molecular complexity index is 480. The predicted octanol–water partition coefficient (Wildman–Crippen LogP) is 5.07. The van der Waals surface area contributed by atoms with Crippen molar-refractivity contribution in [1.29, 1.82) is 0 Å². The minimum Gasteiger partial charge on any atom is -0.103 e. The molecule has 0 aliphatic heterocycles. The Balaban J connectivity index is 1.57. The first kappa shape index (κ1) is 13.7. The van der Waals surface area contributed by atoms with E-state index in [-0.39, 0.29) is 0 Å². The molecule has 1 aromatic carbocycles. The molecule has 1 aliphatic carbocycles. The van der Waals surface area contributed by atoms with Gasteiger partial charge in [-0.25, -0.2) is 0 Å². The second-order valence-electron chi connectivity index (χ2n) is 4.98. The highest BCUT2D eigenvalue weighted by atomic mass is 14.0. The van der Waals surface area contributed by atoms with Gasteiger partial charge in [0.05, 0.1) is 0 Å². The van der Waals surface area contributed by atoms with Crippen molar-refractivity contribution in [3.63, 3.8) is 0 Å². The molecule has 0 atom stereocenters. The van der Waals surface area contributed by atoms with Crippen molar-refractivity contribution >= 4 is 0 Å². The van der Waals surface area contributed by atoms with Gasteiger partial charge in [-0.2, -0.15) is 0 Å². The maximum atomic E-state index is 3.28. The van der Waals surface area contributed by atoms with E-state index in [4.69, 9.17) is 0 Å². The van der Waals surface area contributed by atoms with Crippen LogP contribution < -0.4 is 0 Å². The second-order valence-corrected chi connectivity index (χ2v) is 4.98. The predicted molar refractivity (Wildman–Crippen MR) is 82.8 cm³/mol. The number of allylic oxidation sites excluding steroid dienone is 4. The molecule has 0 saturated carbocycles. The van der Waals surface area contributed by atoms with Crippen LogP contribution in [0.4, 0.5) is 0 Å². The summed E-state index contributed by atoms with van der Waals surface area (Å²) in [7, 11) is 0. The van der Waals surface area contributed by atoms with Crippen LogP contribution in [0.25, 0.3) is 0 Å². The number of hydrogen-bond acceptors (Lipinski definition) is 0. The lowest BCUT2D eigenvalue weighted by atomic mass is 10.0. The molecule has 0 heteroatoms. The highest BCUT2D eigenvalue weighted by molar-refractivity contribution is 5.22. The highest BCUT2D eigenvalue weighted by Gasteiger charge is 1.96. The monoisotopic (exact) mass is 250 g/mol. The van der Waals surface area contributed by atoms with Gasteiger partial charge in [0.15, 0.2) is 0 Å². The molecule has 0 bridgehead atoms. The van der Waals surface area contributed by atoms with Crippen LogP contribution in [-0.2, 0) is 6.42 Å². The van der Waals surface area contributed by atoms with E-state index in [2.05, 4.69) is 54.3 Å². The largest absolute Gasteiger partial charge is 0.103 e. The molecule has 2 rings (SSSR count). The molecule has 0 aromatic heterocycles. The third-order valence-corrected chi connectivity index (χ3v) is 3.35. The lowest BCUT2D eigenvalue weighted by Gasteiger charge is -2.05. The summed E-state index contributed by atoms with van der Waals surface area (Å²) in [6, 6.07) is 10.5. The fraction of sp³-hybridized carbons (Fsp3) is 0.368. The molecule has 0 radical (unpaired) electrons. The lowest BCUT2D eigenvalue weighted by molar-refractivity contribution is 0.752. The van der Waals surface area contributed by atoms with Gasteiger partial charge in [0.25, 0.3) is 0 Å². The number of unbranched alkanes of at least 4 members (excludes halogenated alkanes) is 2. The van der Waals surface area contributed by atoms with E-state index in [0.29, 0.717) is 0 Å². The van der Waals surface area contributed by atoms with Crippen LogP contribution in [0.5, 0.6) is 0 Å². The summed E-state index contributed by atoms with van der Waals surface area (Å²) in [6.45, 7) is 0. The van der Waals surface area contributed by atoms with Crippen molar-refractivity contribution in [2.45, 2.75) is 44.9 Å². The number of benzene rings is 1. The highest BCUT2D eigenvalue weighted by Crippen LogP contribution is 2.16. The van der Waals surface area contributed by atoms with Crippen molar-refractivity contribution < 1.29 is 0 Å². The minimum absolute atomic E-state index is 0.884. The van der Waals surface area contributed by atoms with Crippen LogP contribution in [0.2, 0.25) is 0 Å². The molecule has 0 unspecified atom stereocenters. The molecule has 0 spiro atoms. The van der Waals surface area contributed by atoms with Gasteiger partial charge in [0.1, 0.15) is 0 Å². The first-order valence-corrected chi connectivity index (χ1v) is 7.30. The zero-order valence-electron chi connectivity index (χ0n) is 11.6. The summed E-state index contributed by atoms with van der Waals surface area (Å²) in [4.78, 5) is 0. The van der Waals surface area contributed by atoms with Crippen molar-refractivity contribution in [2.24, 2.45) is 0 Å². The Morgan fingerprint density at radius 3 is 2.63 bits per heavy atom. The Kier molecular flexibility index (Phi) is 6.03. The van der Waals surface area contributed by atoms with Crippen molar-refractivity contribution in [3.8, 4) is 11.8 Å². The van der Waals surface area contributed by atoms with Gasteiger partial charge < -0.3 is 0 Å². The average Bonchev–Trinajstić information content (AvgIpc) is 2.48. The summed E-state index contributed by atoms with van der Waals surface area (Å²) in [6.07, 6.45) is 15.0. The van der Waals surface area contributed by atoms with E-state index in [1.165, 1.54) is 43.2 Å². The topological polar surface area (TPSA) is 0 Å². The summed E-state index contributed by atoms with van der Waals surface area (Å²) in [5, 5.41) is 0. The number of rotatable bonds is 5. The molecule has 0 fully saturated rings. The summed E-state index contributed by atoms with van der Waals surface area (Å²) >= 11 is 0. The molecule has 0 amide bonds. The van der Waals surface area contributed by atoms with Crippen molar-refractivity contribution in [3.05, 3.63) is 59.7 Å². The normalized spacial score (nSPS) is 13.6. The Morgan fingerprint density at radius 1 is 0.947 bits per heavy atom. The number of hydrogen-bond donors (Lipinski definition) is 0. The van der Waals surface area contributed by atoms with Gasteiger partial charge in [-0.15, -0.1) is 5.92 Å². The maximum absolute atomic E-state index is 3.28. The van der Waals surface area contributed by atoms with Crippen LogP contribution in [0.1, 0.15) is 44.1 Å². The summed E-state index contributed by atoms with van der Waals surface area (Å²) < 4.78 is 0.